The fourth-order valence-corrected chi connectivity index (χ4v) is 3.74. The minimum Gasteiger partial charge on any atom is -0.494 e. The van der Waals surface area contributed by atoms with Crippen LogP contribution < -0.4 is 4.74 Å². The van der Waals surface area contributed by atoms with Gasteiger partial charge in [0.15, 0.2) is 5.82 Å². The van der Waals surface area contributed by atoms with Gasteiger partial charge in [0.1, 0.15) is 17.7 Å². The molecule has 6 heteroatoms. The molecule has 2 aromatic rings. The molecular weight excluding hydrogens is 316 g/mol. The molecule has 134 valence electrons. The van der Waals surface area contributed by atoms with Gasteiger partial charge in [-0.25, -0.2) is 0 Å². The molecule has 0 saturated carbocycles. The molecule has 1 atom stereocenters. The van der Waals surface area contributed by atoms with E-state index in [9.17, 15) is 0 Å². The summed E-state index contributed by atoms with van der Waals surface area (Å²) in [6.07, 6.45) is 3.24. The molecule has 0 N–H and O–H groups in total. The van der Waals surface area contributed by atoms with Gasteiger partial charge >= 0.3 is 0 Å². The van der Waals surface area contributed by atoms with Crippen LogP contribution in [0.25, 0.3) is 0 Å². The smallest absolute Gasteiger partial charge is 0.162 e. The molecular formula is C19H26N4O2. The average Bonchev–Trinajstić information content (AvgIpc) is 3.25. The van der Waals surface area contributed by atoms with Crippen LogP contribution >= 0.6 is 0 Å². The predicted octanol–water partition coefficient (Wildman–Crippen LogP) is 2.59. The summed E-state index contributed by atoms with van der Waals surface area (Å²) >= 11 is 0. The van der Waals surface area contributed by atoms with Crippen molar-refractivity contribution >= 4 is 0 Å². The van der Waals surface area contributed by atoms with E-state index in [2.05, 4.69) is 37.9 Å². The number of nitrogens with zero attached hydrogens (tertiary/aromatic N) is 4. The van der Waals surface area contributed by atoms with Crippen LogP contribution in [0.4, 0.5) is 0 Å². The minimum atomic E-state index is 0.131. The molecule has 0 spiro atoms. The van der Waals surface area contributed by atoms with Crippen molar-refractivity contribution in [2.75, 3.05) is 26.3 Å². The SMILES string of the molecule is CCOc1ccccc1CN1CCc2nnc(C3CCCO3)n2CC1. The molecule has 0 aliphatic carbocycles. The molecule has 1 saturated heterocycles. The molecule has 0 amide bonds. The van der Waals surface area contributed by atoms with Crippen molar-refractivity contribution in [1.82, 2.24) is 19.7 Å². The number of rotatable bonds is 5. The van der Waals surface area contributed by atoms with E-state index in [1.165, 1.54) is 5.56 Å². The van der Waals surface area contributed by atoms with Crippen LogP contribution in [0.1, 0.15) is 43.1 Å². The number of hydrogen-bond donors (Lipinski definition) is 0. The van der Waals surface area contributed by atoms with Gasteiger partial charge in [-0.3, -0.25) is 4.90 Å². The van der Waals surface area contributed by atoms with Gasteiger partial charge in [-0.05, 0) is 25.8 Å². The maximum absolute atomic E-state index is 5.82. The van der Waals surface area contributed by atoms with Gasteiger partial charge in [0.05, 0.1) is 6.61 Å². The van der Waals surface area contributed by atoms with Crippen LogP contribution in [0.3, 0.4) is 0 Å². The molecule has 2 aliphatic rings. The number of benzene rings is 1. The lowest BCUT2D eigenvalue weighted by molar-refractivity contribution is 0.101. The summed E-state index contributed by atoms with van der Waals surface area (Å²) in [5, 5.41) is 8.85. The van der Waals surface area contributed by atoms with Crippen LogP contribution in [0.15, 0.2) is 24.3 Å². The molecule has 0 radical (unpaired) electrons. The first kappa shape index (κ1) is 16.5. The van der Waals surface area contributed by atoms with Gasteiger partial charge in [-0.2, -0.15) is 0 Å². The highest BCUT2D eigenvalue weighted by molar-refractivity contribution is 5.33. The first-order valence-electron chi connectivity index (χ1n) is 9.32. The summed E-state index contributed by atoms with van der Waals surface area (Å²) in [6, 6.07) is 8.33. The number of ether oxygens (including phenoxy) is 2. The standard InChI is InChI=1S/C19H26N4O2/c1-2-24-16-7-4-3-6-15(16)14-22-10-9-18-20-21-19(23(18)12-11-22)17-8-5-13-25-17/h3-4,6-7,17H,2,5,8-14H2,1H3. The van der Waals surface area contributed by atoms with E-state index in [1.807, 2.05) is 13.0 Å². The number of aromatic nitrogens is 3. The average molecular weight is 342 g/mol. The van der Waals surface area contributed by atoms with E-state index in [0.717, 1.165) is 69.4 Å². The van der Waals surface area contributed by atoms with E-state index in [-0.39, 0.29) is 6.10 Å². The van der Waals surface area contributed by atoms with Gasteiger partial charge in [-0.1, -0.05) is 18.2 Å². The highest BCUT2D eigenvalue weighted by Gasteiger charge is 2.27. The van der Waals surface area contributed by atoms with Crippen LogP contribution in [0.2, 0.25) is 0 Å². The Morgan fingerprint density at radius 2 is 2.12 bits per heavy atom. The van der Waals surface area contributed by atoms with Gasteiger partial charge in [0.25, 0.3) is 0 Å². The number of hydrogen-bond acceptors (Lipinski definition) is 5. The van der Waals surface area contributed by atoms with Crippen molar-refractivity contribution in [3.8, 4) is 5.75 Å². The van der Waals surface area contributed by atoms with Crippen LogP contribution in [0.5, 0.6) is 5.75 Å². The number of fused-ring (bicyclic) bond motifs is 1. The Bertz CT molecular complexity index is 709. The highest BCUT2D eigenvalue weighted by Crippen LogP contribution is 2.28. The molecule has 0 bridgehead atoms. The second kappa shape index (κ2) is 7.54. The summed E-state index contributed by atoms with van der Waals surface area (Å²) in [6.45, 7) is 7.38. The molecule has 6 nitrogen and oxygen atoms in total. The first-order chi connectivity index (χ1) is 12.3. The molecule has 1 aromatic heterocycles. The lowest BCUT2D eigenvalue weighted by atomic mass is 10.2. The summed E-state index contributed by atoms with van der Waals surface area (Å²) < 4.78 is 13.9. The minimum absolute atomic E-state index is 0.131. The normalized spacial score (nSPS) is 21.1. The molecule has 1 fully saturated rings. The van der Waals surface area contributed by atoms with Crippen LogP contribution in [-0.2, 0) is 24.2 Å². The van der Waals surface area contributed by atoms with Crippen molar-refractivity contribution in [2.45, 2.75) is 45.4 Å². The van der Waals surface area contributed by atoms with E-state index in [1.54, 1.807) is 0 Å². The third-order valence-corrected chi connectivity index (χ3v) is 5.03. The molecule has 25 heavy (non-hydrogen) atoms. The van der Waals surface area contributed by atoms with Gasteiger partial charge in [0, 0.05) is 44.8 Å². The van der Waals surface area contributed by atoms with E-state index in [4.69, 9.17) is 9.47 Å². The zero-order valence-corrected chi connectivity index (χ0v) is 14.9. The van der Waals surface area contributed by atoms with Gasteiger partial charge in [0.2, 0.25) is 0 Å². The topological polar surface area (TPSA) is 52.4 Å². The lowest BCUT2D eigenvalue weighted by Gasteiger charge is -2.21. The third kappa shape index (κ3) is 3.55. The summed E-state index contributed by atoms with van der Waals surface area (Å²) in [7, 11) is 0. The van der Waals surface area contributed by atoms with Crippen molar-refractivity contribution in [1.29, 1.82) is 0 Å². The lowest BCUT2D eigenvalue weighted by Crippen LogP contribution is -2.27. The Hall–Kier alpha value is -1.92. The van der Waals surface area contributed by atoms with E-state index >= 15 is 0 Å². The molecule has 3 heterocycles. The Morgan fingerprint density at radius 3 is 2.96 bits per heavy atom. The largest absolute Gasteiger partial charge is 0.494 e. The zero-order chi connectivity index (χ0) is 17.1. The van der Waals surface area contributed by atoms with Crippen LogP contribution in [-0.4, -0.2) is 46.0 Å². The van der Waals surface area contributed by atoms with Crippen molar-refractivity contribution in [2.24, 2.45) is 0 Å². The first-order valence-corrected chi connectivity index (χ1v) is 9.32. The predicted molar refractivity (Wildman–Crippen MR) is 94.5 cm³/mol. The maximum Gasteiger partial charge on any atom is 0.162 e. The fourth-order valence-electron chi connectivity index (χ4n) is 3.74. The Balaban J connectivity index is 1.45. The summed E-state index contributed by atoms with van der Waals surface area (Å²) in [5.74, 6) is 3.10. The maximum atomic E-state index is 5.82. The quantitative estimate of drug-likeness (QED) is 0.836. The highest BCUT2D eigenvalue weighted by atomic mass is 16.5. The van der Waals surface area contributed by atoms with E-state index < -0.39 is 0 Å². The second-order valence-electron chi connectivity index (χ2n) is 6.69. The molecule has 1 unspecified atom stereocenters. The Labute approximate surface area is 148 Å². The summed E-state index contributed by atoms with van der Waals surface area (Å²) in [4.78, 5) is 2.48. The third-order valence-electron chi connectivity index (χ3n) is 5.03. The Kier molecular flexibility index (Phi) is 4.99. The van der Waals surface area contributed by atoms with Crippen LogP contribution in [0, 0.1) is 0 Å². The second-order valence-corrected chi connectivity index (χ2v) is 6.69. The molecule has 4 rings (SSSR count). The van der Waals surface area contributed by atoms with Crippen molar-refractivity contribution in [3.63, 3.8) is 0 Å². The van der Waals surface area contributed by atoms with Crippen molar-refractivity contribution < 1.29 is 9.47 Å². The monoisotopic (exact) mass is 342 g/mol. The van der Waals surface area contributed by atoms with Gasteiger partial charge < -0.3 is 14.0 Å². The van der Waals surface area contributed by atoms with Gasteiger partial charge in [-0.15, -0.1) is 10.2 Å². The molecule has 1 aromatic carbocycles. The van der Waals surface area contributed by atoms with E-state index in [0.29, 0.717) is 6.61 Å². The summed E-state index contributed by atoms with van der Waals surface area (Å²) in [5.41, 5.74) is 1.25. The molecule has 2 aliphatic heterocycles. The Morgan fingerprint density at radius 1 is 1.20 bits per heavy atom. The van der Waals surface area contributed by atoms with Crippen molar-refractivity contribution in [3.05, 3.63) is 41.5 Å². The zero-order valence-electron chi connectivity index (χ0n) is 14.9. The fraction of sp³-hybridized carbons (Fsp3) is 0.579. The number of para-hydroxylation sites is 1.